The molecular formula is C12H21NO. The quantitative estimate of drug-likeness (QED) is 0.655. The zero-order chi connectivity index (χ0) is 10.2. The average Bonchev–Trinajstić information content (AvgIpc) is 2.25. The fourth-order valence-corrected chi connectivity index (χ4v) is 1.59. The van der Waals surface area contributed by atoms with Crippen molar-refractivity contribution in [3.8, 4) is 0 Å². The van der Waals surface area contributed by atoms with Gasteiger partial charge in [0.15, 0.2) is 0 Å². The summed E-state index contributed by atoms with van der Waals surface area (Å²) in [6, 6.07) is 0. The van der Waals surface area contributed by atoms with E-state index in [1.807, 2.05) is 6.20 Å². The molecule has 0 radical (unpaired) electrons. The third-order valence-electron chi connectivity index (χ3n) is 2.57. The molecule has 1 N–H and O–H groups in total. The van der Waals surface area contributed by atoms with Gasteiger partial charge >= 0.3 is 0 Å². The van der Waals surface area contributed by atoms with Crippen LogP contribution in [0.15, 0.2) is 24.4 Å². The summed E-state index contributed by atoms with van der Waals surface area (Å²) in [6.07, 6.45) is 12.0. The Morgan fingerprint density at radius 2 is 2.21 bits per heavy atom. The van der Waals surface area contributed by atoms with Gasteiger partial charge in [0, 0.05) is 18.3 Å². The van der Waals surface area contributed by atoms with E-state index < -0.39 is 0 Å². The number of unbranched alkanes of at least 4 members (excludes halogenated alkanes) is 3. The summed E-state index contributed by atoms with van der Waals surface area (Å²) in [6.45, 7) is 4.46. The largest absolute Gasteiger partial charge is 0.466 e. The number of allylic oxidation sites excluding steroid dienone is 1. The summed E-state index contributed by atoms with van der Waals surface area (Å²) < 4.78 is 5.41. The maximum absolute atomic E-state index is 5.41. The van der Waals surface area contributed by atoms with Crippen LogP contribution in [0.1, 0.15) is 46.0 Å². The molecule has 0 saturated carbocycles. The molecule has 1 atom stereocenters. The van der Waals surface area contributed by atoms with E-state index in [1.54, 1.807) is 12.5 Å². The molecule has 0 spiro atoms. The van der Waals surface area contributed by atoms with Gasteiger partial charge < -0.3 is 10.1 Å². The van der Waals surface area contributed by atoms with E-state index in [0.717, 1.165) is 5.76 Å². The van der Waals surface area contributed by atoms with Crippen LogP contribution in [0.2, 0.25) is 0 Å². The minimum Gasteiger partial charge on any atom is -0.466 e. The smallest absolute Gasteiger partial charge is 0.122 e. The third-order valence-corrected chi connectivity index (χ3v) is 2.57. The monoisotopic (exact) mass is 195 g/mol. The van der Waals surface area contributed by atoms with Crippen LogP contribution >= 0.6 is 0 Å². The number of nitrogens with one attached hydrogen (secondary N) is 1. The van der Waals surface area contributed by atoms with Crippen LogP contribution in [0.5, 0.6) is 0 Å². The first-order valence-electron chi connectivity index (χ1n) is 5.62. The molecule has 2 nitrogen and oxygen atoms in total. The summed E-state index contributed by atoms with van der Waals surface area (Å²) in [5.74, 6) is 1.59. The molecule has 1 unspecified atom stereocenters. The van der Waals surface area contributed by atoms with Crippen molar-refractivity contribution in [3.63, 3.8) is 0 Å². The Balaban J connectivity index is 2.14. The summed E-state index contributed by atoms with van der Waals surface area (Å²) in [4.78, 5) is 0. The van der Waals surface area contributed by atoms with Gasteiger partial charge in [0.05, 0.1) is 0 Å². The van der Waals surface area contributed by atoms with Gasteiger partial charge in [-0.25, -0.2) is 0 Å². The highest BCUT2D eigenvalue weighted by molar-refractivity contribution is 5.03. The van der Waals surface area contributed by atoms with Crippen molar-refractivity contribution in [3.05, 3.63) is 24.4 Å². The van der Waals surface area contributed by atoms with E-state index in [0.29, 0.717) is 5.92 Å². The van der Waals surface area contributed by atoms with Crippen LogP contribution in [0.25, 0.3) is 0 Å². The van der Waals surface area contributed by atoms with Crippen molar-refractivity contribution in [2.24, 2.45) is 5.92 Å². The van der Waals surface area contributed by atoms with Gasteiger partial charge in [0.25, 0.3) is 0 Å². The molecule has 1 aliphatic heterocycles. The van der Waals surface area contributed by atoms with Gasteiger partial charge in [-0.1, -0.05) is 39.5 Å². The molecule has 0 aromatic rings. The lowest BCUT2D eigenvalue weighted by Crippen LogP contribution is -2.09. The van der Waals surface area contributed by atoms with E-state index in [-0.39, 0.29) is 0 Å². The molecule has 1 heterocycles. The molecule has 0 bridgehead atoms. The lowest BCUT2D eigenvalue weighted by Gasteiger charge is -2.17. The second-order valence-corrected chi connectivity index (χ2v) is 3.88. The Kier molecular flexibility index (Phi) is 5.20. The molecular weight excluding hydrogens is 174 g/mol. The first-order valence-corrected chi connectivity index (χ1v) is 5.62. The van der Waals surface area contributed by atoms with Crippen molar-refractivity contribution >= 4 is 0 Å². The summed E-state index contributed by atoms with van der Waals surface area (Å²) in [5.41, 5.74) is 0. The van der Waals surface area contributed by atoms with E-state index in [4.69, 9.17) is 4.74 Å². The van der Waals surface area contributed by atoms with Gasteiger partial charge in [0.2, 0.25) is 0 Å². The van der Waals surface area contributed by atoms with Crippen molar-refractivity contribution in [2.45, 2.75) is 46.0 Å². The first kappa shape index (κ1) is 11.2. The molecule has 14 heavy (non-hydrogen) atoms. The molecule has 1 aliphatic rings. The van der Waals surface area contributed by atoms with E-state index in [9.17, 15) is 0 Å². The van der Waals surface area contributed by atoms with Crippen molar-refractivity contribution in [2.75, 3.05) is 0 Å². The highest BCUT2D eigenvalue weighted by atomic mass is 16.5. The highest BCUT2D eigenvalue weighted by Crippen LogP contribution is 2.20. The Morgan fingerprint density at radius 1 is 1.36 bits per heavy atom. The zero-order valence-electron chi connectivity index (χ0n) is 9.25. The second kappa shape index (κ2) is 6.52. The second-order valence-electron chi connectivity index (χ2n) is 3.88. The average molecular weight is 195 g/mol. The van der Waals surface area contributed by atoms with E-state index in [2.05, 4.69) is 19.2 Å². The van der Waals surface area contributed by atoms with Crippen LogP contribution < -0.4 is 5.32 Å². The number of rotatable bonds is 6. The van der Waals surface area contributed by atoms with Crippen molar-refractivity contribution in [1.82, 2.24) is 5.32 Å². The van der Waals surface area contributed by atoms with Gasteiger partial charge in [-0.3, -0.25) is 0 Å². The summed E-state index contributed by atoms with van der Waals surface area (Å²) >= 11 is 0. The number of hydrogen-bond acceptors (Lipinski definition) is 2. The fourth-order valence-electron chi connectivity index (χ4n) is 1.59. The fraction of sp³-hybridized carbons (Fsp3) is 0.667. The van der Waals surface area contributed by atoms with Gasteiger partial charge in [-0.2, -0.15) is 0 Å². The van der Waals surface area contributed by atoms with E-state index in [1.165, 1.54) is 32.1 Å². The topological polar surface area (TPSA) is 21.3 Å². The molecule has 0 amide bonds. The lowest BCUT2D eigenvalue weighted by atomic mass is 10.0. The standard InChI is InChI=1S/C12H21NO/c1-3-4-5-6-7-11(2)12-10-13-8-9-14-12/h8-11,13H,3-7H2,1-2H3. The Hall–Kier alpha value is -0.920. The number of ether oxygens (including phenoxy) is 1. The normalized spacial score (nSPS) is 16.9. The Bertz CT molecular complexity index is 208. The Labute approximate surface area is 87.0 Å². The van der Waals surface area contributed by atoms with Crippen LogP contribution in [-0.4, -0.2) is 0 Å². The molecule has 0 aromatic heterocycles. The highest BCUT2D eigenvalue weighted by Gasteiger charge is 2.10. The Morgan fingerprint density at radius 3 is 2.86 bits per heavy atom. The van der Waals surface area contributed by atoms with Gasteiger partial charge in [-0.15, -0.1) is 0 Å². The van der Waals surface area contributed by atoms with Crippen LogP contribution in [-0.2, 0) is 4.74 Å². The minimum absolute atomic E-state index is 0.532. The maximum Gasteiger partial charge on any atom is 0.122 e. The molecule has 1 rings (SSSR count). The third kappa shape index (κ3) is 3.86. The van der Waals surface area contributed by atoms with Crippen molar-refractivity contribution < 1.29 is 4.74 Å². The minimum atomic E-state index is 0.532. The molecule has 80 valence electrons. The summed E-state index contributed by atoms with van der Waals surface area (Å²) in [5, 5.41) is 3.05. The predicted octanol–water partition coefficient (Wildman–Crippen LogP) is 3.53. The SMILES string of the molecule is CCCCCCC(C)C1=CNC=CO1. The van der Waals surface area contributed by atoms with E-state index >= 15 is 0 Å². The first-order chi connectivity index (χ1) is 6.84. The van der Waals surface area contributed by atoms with Gasteiger partial charge in [0.1, 0.15) is 12.0 Å². The zero-order valence-corrected chi connectivity index (χ0v) is 9.25. The molecule has 0 saturated heterocycles. The van der Waals surface area contributed by atoms with Crippen LogP contribution in [0.3, 0.4) is 0 Å². The molecule has 0 aliphatic carbocycles. The molecule has 2 heteroatoms. The van der Waals surface area contributed by atoms with Crippen LogP contribution in [0, 0.1) is 5.92 Å². The lowest BCUT2D eigenvalue weighted by molar-refractivity contribution is 0.276. The van der Waals surface area contributed by atoms with Gasteiger partial charge in [-0.05, 0) is 6.42 Å². The number of hydrogen-bond donors (Lipinski definition) is 1. The molecule has 0 fully saturated rings. The van der Waals surface area contributed by atoms with Crippen LogP contribution in [0.4, 0.5) is 0 Å². The van der Waals surface area contributed by atoms with Crippen molar-refractivity contribution in [1.29, 1.82) is 0 Å². The maximum atomic E-state index is 5.41. The molecule has 0 aromatic carbocycles. The summed E-state index contributed by atoms with van der Waals surface area (Å²) in [7, 11) is 0. The predicted molar refractivity (Wildman–Crippen MR) is 59.4 cm³/mol.